The van der Waals surface area contributed by atoms with Gasteiger partial charge in [-0.05, 0) is 64.4 Å². The number of fused-ring (bicyclic) bond motifs is 4. The van der Waals surface area contributed by atoms with E-state index in [1.807, 2.05) is 42.7 Å². The van der Waals surface area contributed by atoms with Crippen molar-refractivity contribution in [1.82, 2.24) is 24.9 Å². The number of aryl methyl sites for hydroxylation is 1. The minimum absolute atomic E-state index is 0.668. The lowest BCUT2D eigenvalue weighted by Crippen LogP contribution is -1.96. The Morgan fingerprint density at radius 2 is 0.919 bits per heavy atom. The first-order chi connectivity index (χ1) is 30.6. The third-order valence-electron chi connectivity index (χ3n) is 11.7. The van der Waals surface area contributed by atoms with E-state index in [1.54, 1.807) is 0 Å². The average Bonchev–Trinajstić information content (AvgIpc) is 3.36. The zero-order valence-electron chi connectivity index (χ0n) is 34.1. The molecule has 0 atom stereocenters. The van der Waals surface area contributed by atoms with Gasteiger partial charge in [-0.25, -0.2) is 19.9 Å². The number of pyridine rings is 3. The molecule has 5 heteroatoms. The molecule has 0 aliphatic heterocycles. The minimum Gasteiger partial charge on any atom is -0.263 e. The lowest BCUT2D eigenvalue weighted by Gasteiger charge is -2.12. The maximum atomic E-state index is 5.29. The van der Waals surface area contributed by atoms with Crippen LogP contribution in [0, 0.1) is 0 Å². The second-order valence-electron chi connectivity index (χ2n) is 15.6. The molecule has 0 saturated heterocycles. The van der Waals surface area contributed by atoms with Crippen LogP contribution in [-0.2, 0) is 6.42 Å². The second-order valence-corrected chi connectivity index (χ2v) is 15.6. The van der Waals surface area contributed by atoms with Crippen LogP contribution in [0.1, 0.15) is 12.5 Å². The van der Waals surface area contributed by atoms with E-state index in [9.17, 15) is 0 Å². The quantitative estimate of drug-likeness (QED) is 0.143. The molecule has 0 saturated carbocycles. The van der Waals surface area contributed by atoms with Crippen molar-refractivity contribution in [1.29, 1.82) is 0 Å². The largest absolute Gasteiger partial charge is 0.263 e. The van der Waals surface area contributed by atoms with Crippen molar-refractivity contribution in [3.63, 3.8) is 0 Å². The van der Waals surface area contributed by atoms with E-state index < -0.39 is 0 Å². The summed E-state index contributed by atoms with van der Waals surface area (Å²) < 4.78 is 0. The lowest BCUT2D eigenvalue weighted by molar-refractivity contribution is 1.15. The number of aromatic nitrogens is 5. The Labute approximate surface area is 360 Å². The highest BCUT2D eigenvalue weighted by Gasteiger charge is 2.15. The van der Waals surface area contributed by atoms with Gasteiger partial charge in [0.2, 0.25) is 0 Å². The van der Waals surface area contributed by atoms with Gasteiger partial charge in [0.25, 0.3) is 0 Å². The fourth-order valence-electron chi connectivity index (χ4n) is 8.50. The highest BCUT2D eigenvalue weighted by atomic mass is 14.9. The summed E-state index contributed by atoms with van der Waals surface area (Å²) in [5, 5.41) is 4.50. The van der Waals surface area contributed by atoms with Gasteiger partial charge in [0.05, 0.1) is 33.8 Å². The molecule has 0 aliphatic carbocycles. The summed E-state index contributed by atoms with van der Waals surface area (Å²) in [5.41, 5.74) is 16.2. The van der Waals surface area contributed by atoms with Crippen LogP contribution >= 0.6 is 0 Å². The van der Waals surface area contributed by atoms with Crippen molar-refractivity contribution >= 4 is 32.6 Å². The van der Waals surface area contributed by atoms with E-state index in [0.29, 0.717) is 5.82 Å². The van der Waals surface area contributed by atoms with Crippen LogP contribution in [0.15, 0.2) is 207 Å². The third-order valence-corrected chi connectivity index (χ3v) is 11.7. The summed E-state index contributed by atoms with van der Waals surface area (Å²) in [6, 6.07) is 67.7. The van der Waals surface area contributed by atoms with E-state index >= 15 is 0 Å². The van der Waals surface area contributed by atoms with Crippen LogP contribution in [0.2, 0.25) is 0 Å². The number of benzene rings is 7. The molecule has 5 nitrogen and oxygen atoms in total. The predicted molar refractivity (Wildman–Crippen MR) is 255 cm³/mol. The topological polar surface area (TPSA) is 64.5 Å². The SMILES string of the molecule is CCc1cc(-c2ccccc2)nc2c1ccc1ccc(-c3cccc(-c4ccc(-c5nc(-c6ccccc6)cc(-c6cccc(-c7cncc8ccccc78)c6)n5)cc4)c3)nc12. The number of hydrogen-bond donors (Lipinski definition) is 0. The number of rotatable bonds is 8. The Morgan fingerprint density at radius 3 is 1.68 bits per heavy atom. The molecule has 0 bridgehead atoms. The molecule has 0 amide bonds. The summed E-state index contributed by atoms with van der Waals surface area (Å²) in [6.07, 6.45) is 4.77. The Bertz CT molecular complexity index is 3430. The Kier molecular flexibility index (Phi) is 9.40. The van der Waals surface area contributed by atoms with Gasteiger partial charge in [0.15, 0.2) is 5.82 Å². The molecule has 0 aliphatic rings. The molecule has 7 aromatic carbocycles. The molecule has 0 N–H and O–H groups in total. The van der Waals surface area contributed by atoms with Crippen molar-refractivity contribution in [2.24, 2.45) is 0 Å². The normalized spacial score (nSPS) is 11.4. The molecule has 4 heterocycles. The molecule has 4 aromatic heterocycles. The third kappa shape index (κ3) is 6.95. The molecular weight excluding hydrogens is 755 g/mol. The van der Waals surface area contributed by atoms with Gasteiger partial charge in [-0.1, -0.05) is 171 Å². The van der Waals surface area contributed by atoms with Crippen molar-refractivity contribution in [3.8, 4) is 78.7 Å². The molecule has 62 heavy (non-hydrogen) atoms. The minimum atomic E-state index is 0.668. The highest BCUT2D eigenvalue weighted by molar-refractivity contribution is 6.05. The van der Waals surface area contributed by atoms with Gasteiger partial charge in [0.1, 0.15) is 0 Å². The van der Waals surface area contributed by atoms with Gasteiger partial charge in [-0.15, -0.1) is 0 Å². The highest BCUT2D eigenvalue weighted by Crippen LogP contribution is 2.35. The van der Waals surface area contributed by atoms with Gasteiger partial charge >= 0.3 is 0 Å². The maximum absolute atomic E-state index is 5.29. The van der Waals surface area contributed by atoms with Gasteiger partial charge in [-0.2, -0.15) is 0 Å². The lowest BCUT2D eigenvalue weighted by atomic mass is 9.98. The van der Waals surface area contributed by atoms with Crippen LogP contribution < -0.4 is 0 Å². The molecule has 0 fully saturated rings. The van der Waals surface area contributed by atoms with Crippen LogP contribution in [0.25, 0.3) is 111 Å². The van der Waals surface area contributed by atoms with E-state index in [2.05, 4.69) is 176 Å². The first-order valence-electron chi connectivity index (χ1n) is 21.0. The monoisotopic (exact) mass is 793 g/mol. The first kappa shape index (κ1) is 36.9. The van der Waals surface area contributed by atoms with Gasteiger partial charge in [0, 0.05) is 61.9 Å². The van der Waals surface area contributed by atoms with Crippen LogP contribution in [0.5, 0.6) is 0 Å². The fourth-order valence-corrected chi connectivity index (χ4v) is 8.50. The van der Waals surface area contributed by atoms with Gasteiger partial charge in [-0.3, -0.25) is 4.98 Å². The van der Waals surface area contributed by atoms with Crippen LogP contribution in [-0.4, -0.2) is 24.9 Å². The smallest absolute Gasteiger partial charge is 0.160 e. The molecule has 0 spiro atoms. The Hall–Kier alpha value is -8.15. The summed E-state index contributed by atoms with van der Waals surface area (Å²) in [6.45, 7) is 2.20. The molecule has 292 valence electrons. The standard InChI is InChI=1S/C57H39N5/c1-2-37-33-52(39-13-5-3-6-14-39)60-56-49(37)29-27-41-28-30-51(59-55(41)56)45-20-11-18-43(31-45)38-23-25-42(26-24-38)57-61-53(40-15-7-4-8-16-40)34-54(62-57)46-21-12-19-44(32-46)50-36-58-35-47-17-9-10-22-48(47)50/h3-36H,2H2,1H3. The number of hydrogen-bond acceptors (Lipinski definition) is 5. The molecular formula is C57H39N5. The molecule has 0 unspecified atom stereocenters. The van der Waals surface area contributed by atoms with E-state index in [0.717, 1.165) is 106 Å². The van der Waals surface area contributed by atoms with E-state index in [4.69, 9.17) is 19.9 Å². The summed E-state index contributed by atoms with van der Waals surface area (Å²) in [5.74, 6) is 0.668. The van der Waals surface area contributed by atoms with E-state index in [1.165, 1.54) is 10.9 Å². The van der Waals surface area contributed by atoms with Crippen molar-refractivity contribution < 1.29 is 0 Å². The van der Waals surface area contributed by atoms with Crippen molar-refractivity contribution in [3.05, 3.63) is 212 Å². The zero-order valence-corrected chi connectivity index (χ0v) is 34.1. The Balaban J connectivity index is 0.946. The van der Waals surface area contributed by atoms with Gasteiger partial charge < -0.3 is 0 Å². The molecule has 11 rings (SSSR count). The summed E-state index contributed by atoms with van der Waals surface area (Å²) >= 11 is 0. The second kappa shape index (κ2) is 15.8. The maximum Gasteiger partial charge on any atom is 0.160 e. The predicted octanol–water partition coefficient (Wildman–Crippen LogP) is 14.4. The Morgan fingerprint density at radius 1 is 0.339 bits per heavy atom. The fraction of sp³-hybridized carbons (Fsp3) is 0.0351. The molecule has 0 radical (unpaired) electrons. The summed E-state index contributed by atoms with van der Waals surface area (Å²) in [7, 11) is 0. The van der Waals surface area contributed by atoms with Crippen molar-refractivity contribution in [2.75, 3.05) is 0 Å². The van der Waals surface area contributed by atoms with Crippen LogP contribution in [0.3, 0.4) is 0 Å². The zero-order chi connectivity index (χ0) is 41.4. The number of nitrogens with zero attached hydrogens (tertiary/aromatic N) is 5. The van der Waals surface area contributed by atoms with E-state index in [-0.39, 0.29) is 0 Å². The summed E-state index contributed by atoms with van der Waals surface area (Å²) in [4.78, 5) is 25.4. The van der Waals surface area contributed by atoms with Crippen molar-refractivity contribution in [2.45, 2.75) is 13.3 Å². The van der Waals surface area contributed by atoms with Crippen LogP contribution in [0.4, 0.5) is 0 Å². The molecule has 11 aromatic rings. The first-order valence-corrected chi connectivity index (χ1v) is 21.0. The average molecular weight is 794 g/mol.